The molecular weight excluding hydrogens is 351 g/mol. The standard InChI is InChI=1S/C11H18N6O4.2ClH/c12-7-4-1-2-10(19,20)11(4)6(16-8(13)17-11)5(15-7)3-21-9(14)18;;/h4-6,19-20H,1-3H2,(H2,12,15)(H2,14,18)(H3,13,16,17);2*1H/t4?,5?,6-,11+;;/m0../s1. The van der Waals surface area contributed by atoms with Crippen molar-refractivity contribution < 1.29 is 19.7 Å². The molecule has 0 aromatic carbocycles. The molecule has 10 nitrogen and oxygen atoms in total. The first-order chi connectivity index (χ1) is 9.78. The zero-order valence-corrected chi connectivity index (χ0v) is 13.6. The maximum Gasteiger partial charge on any atom is 0.404 e. The van der Waals surface area contributed by atoms with Gasteiger partial charge in [0.15, 0.2) is 11.7 Å². The number of hydrogen-bond donors (Lipinski definition) is 8. The minimum absolute atomic E-state index is 0. The van der Waals surface area contributed by atoms with Crippen LogP contribution in [0.3, 0.4) is 0 Å². The van der Waals surface area contributed by atoms with E-state index in [-0.39, 0.29) is 49.6 Å². The zero-order valence-electron chi connectivity index (χ0n) is 12.0. The van der Waals surface area contributed by atoms with Gasteiger partial charge in [-0.2, -0.15) is 0 Å². The molecule has 2 heterocycles. The van der Waals surface area contributed by atoms with Crippen molar-refractivity contribution in [3.63, 3.8) is 0 Å². The third kappa shape index (κ3) is 2.65. The van der Waals surface area contributed by atoms with Crippen LogP contribution in [0.1, 0.15) is 12.8 Å². The Morgan fingerprint density at radius 3 is 2.61 bits per heavy atom. The molecule has 1 amide bonds. The van der Waals surface area contributed by atoms with Crippen LogP contribution in [0.4, 0.5) is 4.79 Å². The molecule has 12 heteroatoms. The predicted molar refractivity (Wildman–Crippen MR) is 85.1 cm³/mol. The summed E-state index contributed by atoms with van der Waals surface area (Å²) in [6.45, 7) is -0.144. The Kier molecular flexibility index (Phi) is 5.26. The van der Waals surface area contributed by atoms with Crippen molar-refractivity contribution >= 4 is 42.7 Å². The second kappa shape index (κ2) is 6.19. The van der Waals surface area contributed by atoms with Gasteiger partial charge in [0.2, 0.25) is 0 Å². The zero-order chi connectivity index (χ0) is 15.4. The van der Waals surface area contributed by atoms with Crippen LogP contribution in [-0.4, -0.2) is 58.1 Å². The lowest BCUT2D eigenvalue weighted by atomic mass is 9.72. The number of aliphatic hydroxyl groups is 2. The van der Waals surface area contributed by atoms with E-state index in [9.17, 15) is 15.0 Å². The van der Waals surface area contributed by atoms with Crippen LogP contribution < -0.4 is 21.7 Å². The normalized spacial score (nSPS) is 36.2. The lowest BCUT2D eigenvalue weighted by Crippen LogP contribution is -2.76. The summed E-state index contributed by atoms with van der Waals surface area (Å²) in [5, 5.41) is 45.1. The first-order valence-electron chi connectivity index (χ1n) is 6.63. The molecule has 0 radical (unpaired) electrons. The summed E-state index contributed by atoms with van der Waals surface area (Å²) in [6.07, 6.45) is -0.462. The monoisotopic (exact) mass is 370 g/mol. The number of halogens is 2. The van der Waals surface area contributed by atoms with Crippen molar-refractivity contribution in [1.29, 1.82) is 10.8 Å². The van der Waals surface area contributed by atoms with Crippen LogP contribution in [0, 0.1) is 16.7 Å². The van der Waals surface area contributed by atoms with Crippen molar-refractivity contribution in [2.24, 2.45) is 11.7 Å². The van der Waals surface area contributed by atoms with E-state index in [4.69, 9.17) is 21.3 Å². The highest BCUT2D eigenvalue weighted by Crippen LogP contribution is 2.48. The van der Waals surface area contributed by atoms with E-state index in [0.717, 1.165) is 0 Å². The Bertz CT molecular complexity index is 533. The second-order valence-corrected chi connectivity index (χ2v) is 5.69. The smallest absolute Gasteiger partial charge is 0.404 e. The number of primary amides is 1. The average molecular weight is 371 g/mol. The summed E-state index contributed by atoms with van der Waals surface area (Å²) < 4.78 is 4.76. The molecular formula is C11H20Cl2N6O4. The number of piperidine rings is 1. The fraction of sp³-hybridized carbons (Fsp3) is 0.727. The van der Waals surface area contributed by atoms with E-state index >= 15 is 0 Å². The van der Waals surface area contributed by atoms with Crippen LogP contribution in [-0.2, 0) is 4.74 Å². The number of guanidine groups is 1. The number of nitrogens with two attached hydrogens (primary N) is 1. The topological polar surface area (TPSA) is 177 Å². The Morgan fingerprint density at radius 2 is 2.00 bits per heavy atom. The Balaban J connectivity index is 0.00000132. The van der Waals surface area contributed by atoms with Gasteiger partial charge in [-0.25, -0.2) is 4.79 Å². The van der Waals surface area contributed by atoms with E-state index < -0.39 is 35.4 Å². The maximum absolute atomic E-state index is 10.8. The van der Waals surface area contributed by atoms with E-state index in [2.05, 4.69) is 16.0 Å². The molecule has 1 aliphatic carbocycles. The lowest BCUT2D eigenvalue weighted by molar-refractivity contribution is -0.209. The molecule has 0 bridgehead atoms. The van der Waals surface area contributed by atoms with Crippen molar-refractivity contribution in [1.82, 2.24) is 16.0 Å². The van der Waals surface area contributed by atoms with E-state index in [1.165, 1.54) is 0 Å². The Morgan fingerprint density at radius 1 is 1.35 bits per heavy atom. The quantitative estimate of drug-likeness (QED) is 0.264. The molecule has 2 unspecified atom stereocenters. The summed E-state index contributed by atoms with van der Waals surface area (Å²) in [5.74, 6) is -2.48. The number of nitrogens with one attached hydrogen (secondary N) is 5. The van der Waals surface area contributed by atoms with Crippen molar-refractivity contribution in [3.05, 3.63) is 0 Å². The highest BCUT2D eigenvalue weighted by molar-refractivity contribution is 5.90. The van der Waals surface area contributed by atoms with Crippen LogP contribution in [0.25, 0.3) is 0 Å². The lowest BCUT2D eigenvalue weighted by Gasteiger charge is -2.49. The van der Waals surface area contributed by atoms with Gasteiger partial charge in [-0.05, 0) is 6.42 Å². The minimum atomic E-state index is -2.07. The maximum atomic E-state index is 10.8. The first-order valence-corrected chi connectivity index (χ1v) is 6.63. The van der Waals surface area contributed by atoms with E-state index in [0.29, 0.717) is 6.42 Å². The molecule has 23 heavy (non-hydrogen) atoms. The number of carbonyl (C=O) groups is 1. The number of ether oxygens (including phenoxy) is 1. The molecule has 2 saturated heterocycles. The van der Waals surface area contributed by atoms with Crippen LogP contribution in [0.5, 0.6) is 0 Å². The van der Waals surface area contributed by atoms with Crippen molar-refractivity contribution in [2.75, 3.05) is 6.61 Å². The molecule has 4 atom stereocenters. The number of hydrogen-bond acceptors (Lipinski definition) is 6. The highest BCUT2D eigenvalue weighted by atomic mass is 35.5. The first kappa shape index (κ1) is 19.6. The van der Waals surface area contributed by atoms with Gasteiger partial charge in [0.1, 0.15) is 12.1 Å². The fourth-order valence-electron chi connectivity index (χ4n) is 3.79. The van der Waals surface area contributed by atoms with Crippen molar-refractivity contribution in [2.45, 2.75) is 36.3 Å². The summed E-state index contributed by atoms with van der Waals surface area (Å²) in [7, 11) is 0. The highest BCUT2D eigenvalue weighted by Gasteiger charge is 2.71. The van der Waals surface area contributed by atoms with Crippen LogP contribution in [0.2, 0.25) is 0 Å². The van der Waals surface area contributed by atoms with Gasteiger partial charge < -0.3 is 36.6 Å². The van der Waals surface area contributed by atoms with E-state index in [1.807, 2.05) is 0 Å². The summed E-state index contributed by atoms with van der Waals surface area (Å²) in [4.78, 5) is 10.8. The molecule has 1 spiro atoms. The number of amides is 1. The summed E-state index contributed by atoms with van der Waals surface area (Å²) in [6, 6.07) is -1.23. The molecule has 0 aromatic heterocycles. The number of carbonyl (C=O) groups excluding carboxylic acids is 1. The molecule has 3 fully saturated rings. The largest absolute Gasteiger partial charge is 0.447 e. The van der Waals surface area contributed by atoms with Gasteiger partial charge in [0, 0.05) is 12.3 Å². The summed E-state index contributed by atoms with van der Waals surface area (Å²) >= 11 is 0. The average Bonchev–Trinajstić information content (AvgIpc) is 2.85. The SMILES string of the molecule is Cl.Cl.N=C1N[C@H]2C(COC(N)=O)NC(=N)C3CCC(O)(O)[C@@]32N1. The Labute approximate surface area is 144 Å². The minimum Gasteiger partial charge on any atom is -0.447 e. The Hall–Kier alpha value is -1.49. The molecule has 0 aromatic rings. The van der Waals surface area contributed by atoms with E-state index in [1.54, 1.807) is 0 Å². The second-order valence-electron chi connectivity index (χ2n) is 5.69. The third-order valence-electron chi connectivity index (χ3n) is 4.61. The van der Waals surface area contributed by atoms with Crippen LogP contribution >= 0.6 is 24.8 Å². The molecule has 3 aliphatic rings. The molecule has 1 saturated carbocycles. The molecule has 3 rings (SSSR count). The third-order valence-corrected chi connectivity index (χ3v) is 4.61. The fourth-order valence-corrected chi connectivity index (χ4v) is 3.79. The van der Waals surface area contributed by atoms with Gasteiger partial charge in [-0.1, -0.05) is 0 Å². The van der Waals surface area contributed by atoms with Gasteiger partial charge in [0.25, 0.3) is 0 Å². The molecule has 132 valence electrons. The summed E-state index contributed by atoms with van der Waals surface area (Å²) in [5.41, 5.74) is 3.65. The van der Waals surface area contributed by atoms with Crippen molar-refractivity contribution in [3.8, 4) is 0 Å². The van der Waals surface area contributed by atoms with Gasteiger partial charge in [-0.3, -0.25) is 10.8 Å². The molecule has 9 N–H and O–H groups in total. The van der Waals surface area contributed by atoms with Crippen LogP contribution in [0.15, 0.2) is 0 Å². The predicted octanol–water partition coefficient (Wildman–Crippen LogP) is -1.80. The molecule has 2 aliphatic heterocycles. The van der Waals surface area contributed by atoms with Gasteiger partial charge in [-0.15, -0.1) is 24.8 Å². The van der Waals surface area contributed by atoms with Gasteiger partial charge in [0.05, 0.1) is 17.9 Å². The van der Waals surface area contributed by atoms with Gasteiger partial charge >= 0.3 is 6.09 Å². The number of rotatable bonds is 2. The number of amidine groups is 1.